The van der Waals surface area contributed by atoms with E-state index in [9.17, 15) is 4.79 Å². The summed E-state index contributed by atoms with van der Waals surface area (Å²) in [6, 6.07) is 12.2. The Morgan fingerprint density at radius 3 is 2.58 bits per heavy atom. The van der Waals surface area contributed by atoms with Crippen LogP contribution in [0, 0.1) is 0 Å². The molecule has 1 aromatic heterocycles. The summed E-state index contributed by atoms with van der Waals surface area (Å²) in [5, 5.41) is 8.26. The summed E-state index contributed by atoms with van der Waals surface area (Å²) in [4.78, 5) is 15.8. The topological polar surface area (TPSA) is 44.4 Å². The van der Waals surface area contributed by atoms with Gasteiger partial charge in [-0.05, 0) is 61.9 Å². The normalized spacial score (nSPS) is 15.8. The van der Waals surface area contributed by atoms with Crippen LogP contribution in [0.1, 0.15) is 31.1 Å². The summed E-state index contributed by atoms with van der Waals surface area (Å²) in [5.41, 5.74) is 2.25. The van der Waals surface area contributed by atoms with Crippen LogP contribution in [0.5, 0.6) is 0 Å². The molecule has 0 radical (unpaired) electrons. The third kappa shape index (κ3) is 4.51. The number of carbonyl (C=O) groups is 1. The van der Waals surface area contributed by atoms with Gasteiger partial charge in [-0.1, -0.05) is 6.07 Å². The maximum atomic E-state index is 12.2. The summed E-state index contributed by atoms with van der Waals surface area (Å²) >= 11 is 1.66. The SMILES string of the molecule is C[C@@H](Nc1ccc(N2CCCCC2)cc1)C(=O)NCc1cccs1. The third-order valence-corrected chi connectivity index (χ3v) is 5.26. The van der Waals surface area contributed by atoms with E-state index >= 15 is 0 Å². The van der Waals surface area contributed by atoms with Crippen LogP contribution in [0.15, 0.2) is 41.8 Å². The zero-order valence-corrected chi connectivity index (χ0v) is 14.9. The molecule has 2 N–H and O–H groups in total. The van der Waals surface area contributed by atoms with Gasteiger partial charge in [0.1, 0.15) is 6.04 Å². The Hall–Kier alpha value is -2.01. The average Bonchev–Trinajstić information content (AvgIpc) is 3.14. The van der Waals surface area contributed by atoms with Crippen LogP contribution in [-0.2, 0) is 11.3 Å². The molecule has 0 saturated carbocycles. The van der Waals surface area contributed by atoms with E-state index in [4.69, 9.17) is 0 Å². The summed E-state index contributed by atoms with van der Waals surface area (Å²) in [6.45, 7) is 4.78. The quantitative estimate of drug-likeness (QED) is 0.837. The highest BCUT2D eigenvalue weighted by Crippen LogP contribution is 2.22. The lowest BCUT2D eigenvalue weighted by atomic mass is 10.1. The minimum atomic E-state index is -0.259. The Morgan fingerprint density at radius 1 is 1.17 bits per heavy atom. The fourth-order valence-electron chi connectivity index (χ4n) is 2.98. The zero-order chi connectivity index (χ0) is 16.8. The van der Waals surface area contributed by atoms with Crippen LogP contribution in [0.3, 0.4) is 0 Å². The molecule has 5 heteroatoms. The number of anilines is 2. The summed E-state index contributed by atoms with van der Waals surface area (Å²) in [7, 11) is 0. The van der Waals surface area contributed by atoms with Crippen molar-refractivity contribution in [2.45, 2.75) is 38.8 Å². The Kier molecular flexibility index (Phi) is 5.75. The maximum absolute atomic E-state index is 12.2. The molecule has 0 aliphatic carbocycles. The second-order valence-corrected chi connectivity index (χ2v) is 7.29. The van der Waals surface area contributed by atoms with Crippen LogP contribution in [0.25, 0.3) is 0 Å². The van der Waals surface area contributed by atoms with Crippen LogP contribution in [-0.4, -0.2) is 25.0 Å². The highest BCUT2D eigenvalue weighted by Gasteiger charge is 2.13. The van der Waals surface area contributed by atoms with Crippen molar-refractivity contribution in [3.05, 3.63) is 46.7 Å². The zero-order valence-electron chi connectivity index (χ0n) is 14.1. The van der Waals surface area contributed by atoms with E-state index in [1.807, 2.05) is 24.4 Å². The lowest BCUT2D eigenvalue weighted by Gasteiger charge is -2.29. The van der Waals surface area contributed by atoms with E-state index in [1.165, 1.54) is 29.8 Å². The fraction of sp³-hybridized carbons (Fsp3) is 0.421. The second kappa shape index (κ2) is 8.20. The molecular formula is C19H25N3OS. The Balaban J connectivity index is 1.50. The number of hydrogen-bond donors (Lipinski definition) is 2. The summed E-state index contributed by atoms with van der Waals surface area (Å²) < 4.78 is 0. The first-order valence-electron chi connectivity index (χ1n) is 8.64. The number of amides is 1. The number of rotatable bonds is 6. The summed E-state index contributed by atoms with van der Waals surface area (Å²) in [5.74, 6) is 0.0171. The van der Waals surface area contributed by atoms with Gasteiger partial charge >= 0.3 is 0 Å². The molecule has 24 heavy (non-hydrogen) atoms. The van der Waals surface area contributed by atoms with Gasteiger partial charge in [-0.25, -0.2) is 0 Å². The predicted molar refractivity (Wildman–Crippen MR) is 102 cm³/mol. The molecule has 0 unspecified atom stereocenters. The van der Waals surface area contributed by atoms with E-state index in [0.29, 0.717) is 6.54 Å². The second-order valence-electron chi connectivity index (χ2n) is 6.26. The minimum absolute atomic E-state index is 0.0171. The van der Waals surface area contributed by atoms with Crippen molar-refractivity contribution in [1.29, 1.82) is 0 Å². The summed E-state index contributed by atoms with van der Waals surface area (Å²) in [6.07, 6.45) is 3.90. The van der Waals surface area contributed by atoms with Gasteiger partial charge in [0, 0.05) is 29.3 Å². The number of benzene rings is 1. The molecule has 0 spiro atoms. The van der Waals surface area contributed by atoms with Gasteiger partial charge in [0.25, 0.3) is 0 Å². The van der Waals surface area contributed by atoms with Gasteiger partial charge in [0.15, 0.2) is 0 Å². The molecule has 1 amide bonds. The number of hydrogen-bond acceptors (Lipinski definition) is 4. The van der Waals surface area contributed by atoms with E-state index < -0.39 is 0 Å². The van der Waals surface area contributed by atoms with Crippen molar-refractivity contribution in [1.82, 2.24) is 5.32 Å². The van der Waals surface area contributed by atoms with Gasteiger partial charge in [-0.3, -0.25) is 4.79 Å². The van der Waals surface area contributed by atoms with Crippen molar-refractivity contribution in [2.24, 2.45) is 0 Å². The van der Waals surface area contributed by atoms with Gasteiger partial charge in [-0.2, -0.15) is 0 Å². The monoisotopic (exact) mass is 343 g/mol. The lowest BCUT2D eigenvalue weighted by Crippen LogP contribution is -2.37. The number of piperidine rings is 1. The molecule has 1 atom stereocenters. The van der Waals surface area contributed by atoms with Crippen molar-refractivity contribution >= 4 is 28.6 Å². The molecule has 1 aliphatic heterocycles. The Morgan fingerprint density at radius 2 is 1.92 bits per heavy atom. The first-order valence-corrected chi connectivity index (χ1v) is 9.52. The van der Waals surface area contributed by atoms with Crippen LogP contribution < -0.4 is 15.5 Å². The predicted octanol–water partition coefficient (Wildman–Crippen LogP) is 3.86. The number of thiophene rings is 1. The van der Waals surface area contributed by atoms with Crippen LogP contribution >= 0.6 is 11.3 Å². The molecule has 128 valence electrons. The van der Waals surface area contributed by atoms with Crippen molar-refractivity contribution in [3.8, 4) is 0 Å². The first kappa shape index (κ1) is 16.8. The number of nitrogens with zero attached hydrogens (tertiary/aromatic N) is 1. The van der Waals surface area contributed by atoms with E-state index in [1.54, 1.807) is 11.3 Å². The molecule has 1 fully saturated rings. The highest BCUT2D eigenvalue weighted by atomic mass is 32.1. The maximum Gasteiger partial charge on any atom is 0.242 e. The molecule has 1 aromatic carbocycles. The number of carbonyl (C=O) groups excluding carboxylic acids is 1. The van der Waals surface area contributed by atoms with Gasteiger partial charge < -0.3 is 15.5 Å². The molecule has 2 aromatic rings. The Labute approximate surface area is 147 Å². The van der Waals surface area contributed by atoms with Crippen LogP contribution in [0.2, 0.25) is 0 Å². The molecule has 1 saturated heterocycles. The van der Waals surface area contributed by atoms with E-state index in [0.717, 1.165) is 18.8 Å². The average molecular weight is 343 g/mol. The lowest BCUT2D eigenvalue weighted by molar-refractivity contribution is -0.121. The van der Waals surface area contributed by atoms with Gasteiger partial charge in [0.05, 0.1) is 6.54 Å². The first-order chi connectivity index (χ1) is 11.7. The molecule has 0 bridgehead atoms. The standard InChI is InChI=1S/C19H25N3OS/c1-15(19(23)20-14-18-6-5-13-24-18)21-16-7-9-17(10-8-16)22-11-3-2-4-12-22/h5-10,13,15,21H,2-4,11-12,14H2,1H3,(H,20,23)/t15-/m1/s1. The minimum Gasteiger partial charge on any atom is -0.374 e. The van der Waals surface area contributed by atoms with E-state index in [-0.39, 0.29) is 11.9 Å². The van der Waals surface area contributed by atoms with Gasteiger partial charge in [-0.15, -0.1) is 11.3 Å². The van der Waals surface area contributed by atoms with Crippen LogP contribution in [0.4, 0.5) is 11.4 Å². The molecule has 1 aliphatic rings. The van der Waals surface area contributed by atoms with Crippen molar-refractivity contribution < 1.29 is 4.79 Å². The smallest absolute Gasteiger partial charge is 0.242 e. The largest absolute Gasteiger partial charge is 0.374 e. The van der Waals surface area contributed by atoms with E-state index in [2.05, 4.69) is 39.8 Å². The van der Waals surface area contributed by atoms with Crippen molar-refractivity contribution in [3.63, 3.8) is 0 Å². The molecule has 4 nitrogen and oxygen atoms in total. The molecule has 2 heterocycles. The fourth-order valence-corrected chi connectivity index (χ4v) is 3.62. The molecule has 3 rings (SSSR count). The number of nitrogens with one attached hydrogen (secondary N) is 2. The third-order valence-electron chi connectivity index (χ3n) is 4.38. The Bertz CT molecular complexity index is 633. The van der Waals surface area contributed by atoms with Gasteiger partial charge in [0.2, 0.25) is 5.91 Å². The highest BCUT2D eigenvalue weighted by molar-refractivity contribution is 7.09. The molecular weight excluding hydrogens is 318 g/mol. The van der Waals surface area contributed by atoms with Crippen molar-refractivity contribution in [2.75, 3.05) is 23.3 Å².